The minimum atomic E-state index is -0.254. The van der Waals surface area contributed by atoms with E-state index in [1.54, 1.807) is 0 Å². The zero-order chi connectivity index (χ0) is 19.8. The van der Waals surface area contributed by atoms with Crippen molar-refractivity contribution in [1.82, 2.24) is 9.80 Å². The van der Waals surface area contributed by atoms with Crippen molar-refractivity contribution in [2.75, 3.05) is 19.6 Å². The fourth-order valence-corrected chi connectivity index (χ4v) is 6.09. The monoisotopic (exact) mass is 394 g/mol. The van der Waals surface area contributed by atoms with E-state index in [0.717, 1.165) is 50.9 Å². The minimum absolute atomic E-state index is 0.0181. The number of esters is 1. The Kier molecular flexibility index (Phi) is 5.17. The molecule has 29 heavy (non-hydrogen) atoms. The predicted molar refractivity (Wildman–Crippen MR) is 111 cm³/mol. The summed E-state index contributed by atoms with van der Waals surface area (Å²) in [7, 11) is 0. The van der Waals surface area contributed by atoms with E-state index in [9.17, 15) is 9.59 Å². The van der Waals surface area contributed by atoms with Crippen LogP contribution in [0.1, 0.15) is 44.1 Å². The first-order valence-electron chi connectivity index (χ1n) is 11.1. The third-order valence-corrected chi connectivity index (χ3v) is 7.41. The van der Waals surface area contributed by atoms with Crippen molar-refractivity contribution in [3.8, 4) is 0 Å². The van der Waals surface area contributed by atoms with Gasteiger partial charge in [0, 0.05) is 50.6 Å². The van der Waals surface area contributed by atoms with Crippen LogP contribution in [0.4, 0.5) is 0 Å². The molecule has 5 heteroatoms. The molecule has 4 saturated heterocycles. The summed E-state index contributed by atoms with van der Waals surface area (Å²) < 4.78 is 5.79. The molecule has 154 valence electrons. The molecule has 0 N–H and O–H groups in total. The maximum Gasteiger partial charge on any atom is 0.331 e. The molecule has 5 atom stereocenters. The van der Waals surface area contributed by atoms with Gasteiger partial charge in [-0.25, -0.2) is 4.79 Å². The van der Waals surface area contributed by atoms with Crippen molar-refractivity contribution < 1.29 is 14.3 Å². The number of fused-ring (bicyclic) bond motifs is 6. The predicted octanol–water partition coefficient (Wildman–Crippen LogP) is 3.11. The van der Waals surface area contributed by atoms with Crippen LogP contribution in [-0.2, 0) is 14.3 Å². The zero-order valence-corrected chi connectivity index (χ0v) is 16.9. The molecule has 2 bridgehead atoms. The Labute approximate surface area is 172 Å². The Hall–Kier alpha value is -2.14. The number of carbonyl (C=O) groups is 2. The average Bonchev–Trinajstić information content (AvgIpc) is 2.74. The number of nitrogens with zero attached hydrogens (tertiary/aromatic N) is 2. The van der Waals surface area contributed by atoms with Crippen LogP contribution in [0.5, 0.6) is 0 Å². The highest BCUT2D eigenvalue weighted by Gasteiger charge is 2.49. The standard InChI is InChI=1S/C24H30N2O3/c27-23-8-4-7-21-18-13-19(16-26(21)23)22-14-20(11-12-25(22)15-18)29-24(28)10-9-17-5-2-1-3-6-17/h1-3,5-6,9-10,18-22H,4,7-8,11-16H2/b10-9-/t18-,19-,20?,21+,22-/m0/s1. The minimum Gasteiger partial charge on any atom is -0.459 e. The summed E-state index contributed by atoms with van der Waals surface area (Å²) in [6.07, 6.45) is 9.32. The molecule has 0 spiro atoms. The maximum atomic E-state index is 12.5. The largest absolute Gasteiger partial charge is 0.459 e. The molecule has 1 aromatic carbocycles. The van der Waals surface area contributed by atoms with Gasteiger partial charge in [0.1, 0.15) is 6.10 Å². The van der Waals surface area contributed by atoms with Crippen molar-refractivity contribution in [2.45, 2.75) is 56.7 Å². The van der Waals surface area contributed by atoms with Crippen molar-refractivity contribution >= 4 is 18.0 Å². The summed E-state index contributed by atoms with van der Waals surface area (Å²) in [6.45, 7) is 3.00. The van der Waals surface area contributed by atoms with Crippen LogP contribution in [0.25, 0.3) is 6.08 Å². The van der Waals surface area contributed by atoms with Crippen LogP contribution in [0, 0.1) is 11.8 Å². The van der Waals surface area contributed by atoms with Gasteiger partial charge in [-0.1, -0.05) is 30.3 Å². The topological polar surface area (TPSA) is 49.9 Å². The van der Waals surface area contributed by atoms with Crippen LogP contribution in [0.15, 0.2) is 36.4 Å². The van der Waals surface area contributed by atoms with E-state index < -0.39 is 0 Å². The molecule has 1 unspecified atom stereocenters. The van der Waals surface area contributed by atoms with Gasteiger partial charge < -0.3 is 9.64 Å². The number of benzene rings is 1. The first kappa shape index (κ1) is 18.9. The normalized spacial score (nSPS) is 34.6. The van der Waals surface area contributed by atoms with E-state index in [-0.39, 0.29) is 12.1 Å². The van der Waals surface area contributed by atoms with Crippen LogP contribution in [0.2, 0.25) is 0 Å². The number of carbonyl (C=O) groups excluding carboxylic acids is 2. The lowest BCUT2D eigenvalue weighted by molar-refractivity contribution is -0.155. The summed E-state index contributed by atoms with van der Waals surface area (Å²) >= 11 is 0. The molecular weight excluding hydrogens is 364 g/mol. The number of rotatable bonds is 3. The summed E-state index contributed by atoms with van der Waals surface area (Å²) in [4.78, 5) is 29.6. The van der Waals surface area contributed by atoms with Crippen LogP contribution >= 0.6 is 0 Å². The Morgan fingerprint density at radius 2 is 1.86 bits per heavy atom. The quantitative estimate of drug-likeness (QED) is 0.584. The average molecular weight is 395 g/mol. The second-order valence-corrected chi connectivity index (χ2v) is 9.15. The molecule has 5 rings (SSSR count). The second kappa shape index (κ2) is 7.94. The maximum absolute atomic E-state index is 12.5. The van der Waals surface area contributed by atoms with Gasteiger partial charge in [-0.2, -0.15) is 0 Å². The van der Waals surface area contributed by atoms with Gasteiger partial charge in [0.15, 0.2) is 0 Å². The molecule has 1 aromatic rings. The van der Waals surface area contributed by atoms with E-state index in [1.807, 2.05) is 36.4 Å². The van der Waals surface area contributed by atoms with Crippen LogP contribution in [-0.4, -0.2) is 59.5 Å². The Balaban J connectivity index is 1.21. The van der Waals surface area contributed by atoms with E-state index >= 15 is 0 Å². The number of hydrogen-bond acceptors (Lipinski definition) is 4. The van der Waals surface area contributed by atoms with Crippen molar-refractivity contribution in [2.24, 2.45) is 11.8 Å². The van der Waals surface area contributed by atoms with E-state index in [2.05, 4.69) is 9.80 Å². The first-order valence-corrected chi connectivity index (χ1v) is 11.1. The Morgan fingerprint density at radius 1 is 1.03 bits per heavy atom. The van der Waals surface area contributed by atoms with E-state index in [4.69, 9.17) is 4.74 Å². The van der Waals surface area contributed by atoms with Gasteiger partial charge in [0.2, 0.25) is 5.91 Å². The smallest absolute Gasteiger partial charge is 0.331 e. The lowest BCUT2D eigenvalue weighted by Gasteiger charge is -2.57. The van der Waals surface area contributed by atoms with E-state index in [0.29, 0.717) is 29.8 Å². The highest BCUT2D eigenvalue weighted by atomic mass is 16.5. The summed E-state index contributed by atoms with van der Waals surface area (Å²) in [5, 5.41) is 0. The summed E-state index contributed by atoms with van der Waals surface area (Å²) in [5.41, 5.74) is 1.00. The van der Waals surface area contributed by atoms with Gasteiger partial charge in [-0.05, 0) is 49.2 Å². The van der Waals surface area contributed by atoms with E-state index in [1.165, 1.54) is 18.9 Å². The summed E-state index contributed by atoms with van der Waals surface area (Å²) in [5.74, 6) is 1.25. The molecule has 5 nitrogen and oxygen atoms in total. The highest BCUT2D eigenvalue weighted by molar-refractivity contribution is 5.87. The molecule has 1 amide bonds. The molecule has 4 aliphatic rings. The second-order valence-electron chi connectivity index (χ2n) is 9.15. The van der Waals surface area contributed by atoms with Gasteiger partial charge in [-0.3, -0.25) is 9.69 Å². The summed E-state index contributed by atoms with van der Waals surface area (Å²) in [6, 6.07) is 10.7. The third kappa shape index (κ3) is 3.85. The van der Waals surface area contributed by atoms with Crippen LogP contribution in [0.3, 0.4) is 0 Å². The number of piperidine rings is 4. The van der Waals surface area contributed by atoms with Crippen molar-refractivity contribution in [3.05, 3.63) is 42.0 Å². The number of ether oxygens (including phenoxy) is 1. The molecule has 0 aromatic heterocycles. The first-order chi connectivity index (χ1) is 14.2. The van der Waals surface area contributed by atoms with Crippen molar-refractivity contribution in [1.29, 1.82) is 0 Å². The SMILES string of the molecule is O=C(/C=C\c1ccccc1)OC1CCN2C[C@@H]3C[C@@H](CN4C(=O)CCC[C@H]34)[C@@H]2C1. The van der Waals surface area contributed by atoms with Gasteiger partial charge in [-0.15, -0.1) is 0 Å². The van der Waals surface area contributed by atoms with Crippen molar-refractivity contribution in [3.63, 3.8) is 0 Å². The molecule has 4 heterocycles. The van der Waals surface area contributed by atoms with Gasteiger partial charge >= 0.3 is 5.97 Å². The molecule has 0 aliphatic carbocycles. The zero-order valence-electron chi connectivity index (χ0n) is 16.9. The van der Waals surface area contributed by atoms with Gasteiger partial charge in [0.05, 0.1) is 0 Å². The van der Waals surface area contributed by atoms with Crippen LogP contribution < -0.4 is 0 Å². The highest BCUT2D eigenvalue weighted by Crippen LogP contribution is 2.43. The fourth-order valence-electron chi connectivity index (χ4n) is 6.09. The fraction of sp³-hybridized carbons (Fsp3) is 0.583. The lowest BCUT2D eigenvalue weighted by Crippen LogP contribution is -2.65. The number of amides is 1. The van der Waals surface area contributed by atoms with Gasteiger partial charge in [0.25, 0.3) is 0 Å². The molecule has 4 fully saturated rings. The molecule has 0 radical (unpaired) electrons. The third-order valence-electron chi connectivity index (χ3n) is 7.41. The Bertz CT molecular complexity index is 793. The molecular formula is C24H30N2O3. The Morgan fingerprint density at radius 3 is 2.72 bits per heavy atom. The molecule has 0 saturated carbocycles. The number of hydrogen-bond donors (Lipinski definition) is 0. The molecule has 4 aliphatic heterocycles. The lowest BCUT2D eigenvalue weighted by atomic mass is 9.70.